The molecule has 0 aromatic heterocycles. The number of carbonyl (C=O) groups excluding carboxylic acids is 1. The van der Waals surface area contributed by atoms with Crippen molar-refractivity contribution >= 4 is 5.91 Å². The van der Waals surface area contributed by atoms with Gasteiger partial charge in [-0.2, -0.15) is 0 Å². The second kappa shape index (κ2) is 6.40. The van der Waals surface area contributed by atoms with Crippen LogP contribution >= 0.6 is 0 Å². The molecule has 1 aromatic rings. The van der Waals surface area contributed by atoms with Gasteiger partial charge in [0.15, 0.2) is 0 Å². The minimum absolute atomic E-state index is 0.0466. The first-order valence-corrected chi connectivity index (χ1v) is 6.06. The molecular weight excluding hydrogens is 212 g/mol. The average molecular weight is 234 g/mol. The summed E-state index contributed by atoms with van der Waals surface area (Å²) in [6, 6.07) is 6.44. The van der Waals surface area contributed by atoms with E-state index in [4.69, 9.17) is 0 Å². The monoisotopic (exact) mass is 234 g/mol. The highest BCUT2D eigenvalue weighted by Crippen LogP contribution is 2.11. The molecule has 0 aliphatic rings. The number of benzene rings is 1. The topological polar surface area (TPSA) is 41.1 Å². The van der Waals surface area contributed by atoms with Gasteiger partial charge in [-0.05, 0) is 44.4 Å². The van der Waals surface area contributed by atoms with Crippen molar-refractivity contribution in [2.75, 3.05) is 6.54 Å². The number of hydrogen-bond acceptors (Lipinski definition) is 2. The first kappa shape index (κ1) is 13.7. The molecule has 0 aliphatic heterocycles. The molecule has 1 rings (SSSR count). The quantitative estimate of drug-likeness (QED) is 0.817. The molecule has 94 valence electrons. The summed E-state index contributed by atoms with van der Waals surface area (Å²) in [6.45, 7) is 9.24. The van der Waals surface area contributed by atoms with Crippen LogP contribution in [0, 0.1) is 13.8 Å². The maximum atomic E-state index is 11.4. The fourth-order valence-corrected chi connectivity index (χ4v) is 1.69. The average Bonchev–Trinajstić information content (AvgIpc) is 2.23. The van der Waals surface area contributed by atoms with Crippen LogP contribution in [0.1, 0.15) is 30.5 Å². The zero-order chi connectivity index (χ0) is 12.8. The zero-order valence-electron chi connectivity index (χ0n) is 11.1. The van der Waals surface area contributed by atoms with E-state index in [-0.39, 0.29) is 11.9 Å². The molecule has 0 bridgehead atoms. The number of nitrogens with one attached hydrogen (secondary N) is 2. The summed E-state index contributed by atoms with van der Waals surface area (Å²) in [5, 5.41) is 6.02. The Morgan fingerprint density at radius 2 is 2.00 bits per heavy atom. The van der Waals surface area contributed by atoms with E-state index >= 15 is 0 Å². The van der Waals surface area contributed by atoms with E-state index in [1.54, 1.807) is 0 Å². The third-order valence-corrected chi connectivity index (χ3v) is 2.77. The van der Waals surface area contributed by atoms with Gasteiger partial charge in [0.25, 0.3) is 0 Å². The summed E-state index contributed by atoms with van der Waals surface area (Å²) < 4.78 is 0. The first-order chi connectivity index (χ1) is 8.00. The van der Waals surface area contributed by atoms with Crippen molar-refractivity contribution in [2.45, 2.75) is 40.3 Å². The van der Waals surface area contributed by atoms with Crippen molar-refractivity contribution in [1.29, 1.82) is 0 Å². The molecule has 0 heterocycles. The van der Waals surface area contributed by atoms with E-state index in [1.165, 1.54) is 16.7 Å². The summed E-state index contributed by atoms with van der Waals surface area (Å²) in [4.78, 5) is 11.4. The van der Waals surface area contributed by atoms with E-state index in [0.717, 1.165) is 6.54 Å². The van der Waals surface area contributed by atoms with Crippen LogP contribution in [0.3, 0.4) is 0 Å². The molecular formula is C14H22N2O. The lowest BCUT2D eigenvalue weighted by Gasteiger charge is -2.11. The molecule has 3 heteroatoms. The SMILES string of the molecule is Cc1cccc(CNCC(=O)NC(C)C)c1C. The van der Waals surface area contributed by atoms with Crippen molar-refractivity contribution in [2.24, 2.45) is 0 Å². The van der Waals surface area contributed by atoms with Crippen molar-refractivity contribution in [3.63, 3.8) is 0 Å². The number of rotatable bonds is 5. The van der Waals surface area contributed by atoms with Crippen LogP contribution < -0.4 is 10.6 Å². The highest BCUT2D eigenvalue weighted by Gasteiger charge is 2.04. The summed E-state index contributed by atoms with van der Waals surface area (Å²) >= 11 is 0. The van der Waals surface area contributed by atoms with E-state index in [2.05, 4.69) is 36.6 Å². The van der Waals surface area contributed by atoms with Crippen LogP contribution in [-0.4, -0.2) is 18.5 Å². The van der Waals surface area contributed by atoms with E-state index in [1.807, 2.05) is 19.9 Å². The molecule has 17 heavy (non-hydrogen) atoms. The fraction of sp³-hybridized carbons (Fsp3) is 0.500. The summed E-state index contributed by atoms with van der Waals surface area (Å²) in [5.41, 5.74) is 3.84. The Balaban J connectivity index is 2.41. The lowest BCUT2D eigenvalue weighted by atomic mass is 10.0. The van der Waals surface area contributed by atoms with Gasteiger partial charge < -0.3 is 10.6 Å². The summed E-state index contributed by atoms with van der Waals surface area (Å²) in [6.07, 6.45) is 0. The Kier molecular flexibility index (Phi) is 5.16. The van der Waals surface area contributed by atoms with Gasteiger partial charge in [0.2, 0.25) is 5.91 Å². The molecule has 1 amide bonds. The van der Waals surface area contributed by atoms with Gasteiger partial charge in [-0.15, -0.1) is 0 Å². The highest BCUT2D eigenvalue weighted by molar-refractivity contribution is 5.78. The van der Waals surface area contributed by atoms with Gasteiger partial charge >= 0.3 is 0 Å². The maximum absolute atomic E-state index is 11.4. The number of carbonyl (C=O) groups is 1. The van der Waals surface area contributed by atoms with Gasteiger partial charge in [-0.3, -0.25) is 4.79 Å². The van der Waals surface area contributed by atoms with E-state index < -0.39 is 0 Å². The van der Waals surface area contributed by atoms with Gasteiger partial charge in [-0.1, -0.05) is 18.2 Å². The summed E-state index contributed by atoms with van der Waals surface area (Å²) in [7, 11) is 0. The third-order valence-electron chi connectivity index (χ3n) is 2.77. The molecule has 0 aliphatic carbocycles. The third kappa shape index (κ3) is 4.57. The van der Waals surface area contributed by atoms with Crippen molar-refractivity contribution in [3.05, 3.63) is 34.9 Å². The standard InChI is InChI=1S/C14H22N2O/c1-10(2)16-14(17)9-15-8-13-7-5-6-11(3)12(13)4/h5-7,10,15H,8-9H2,1-4H3,(H,16,17). The van der Waals surface area contributed by atoms with Crippen molar-refractivity contribution in [3.8, 4) is 0 Å². The van der Waals surface area contributed by atoms with Gasteiger partial charge in [0.05, 0.1) is 6.54 Å². The number of aryl methyl sites for hydroxylation is 1. The lowest BCUT2D eigenvalue weighted by molar-refractivity contribution is -0.120. The lowest BCUT2D eigenvalue weighted by Crippen LogP contribution is -2.37. The van der Waals surface area contributed by atoms with Crippen molar-refractivity contribution < 1.29 is 4.79 Å². The molecule has 2 N–H and O–H groups in total. The largest absolute Gasteiger partial charge is 0.353 e. The maximum Gasteiger partial charge on any atom is 0.234 e. The predicted octanol–water partition coefficient (Wildman–Crippen LogP) is 1.92. The molecule has 0 saturated heterocycles. The van der Waals surface area contributed by atoms with Gasteiger partial charge in [-0.25, -0.2) is 0 Å². The molecule has 0 unspecified atom stereocenters. The summed E-state index contributed by atoms with van der Waals surface area (Å²) in [5.74, 6) is 0.0466. The fourth-order valence-electron chi connectivity index (χ4n) is 1.69. The molecule has 1 aromatic carbocycles. The minimum atomic E-state index is 0.0466. The Bertz CT molecular complexity index is 386. The Hall–Kier alpha value is -1.35. The van der Waals surface area contributed by atoms with E-state index in [0.29, 0.717) is 6.54 Å². The molecule has 0 saturated carbocycles. The molecule has 0 atom stereocenters. The minimum Gasteiger partial charge on any atom is -0.353 e. The number of amides is 1. The Morgan fingerprint density at radius 3 is 2.65 bits per heavy atom. The van der Waals surface area contributed by atoms with Crippen molar-refractivity contribution in [1.82, 2.24) is 10.6 Å². The van der Waals surface area contributed by atoms with Crippen LogP contribution in [0.5, 0.6) is 0 Å². The predicted molar refractivity (Wildman–Crippen MR) is 70.9 cm³/mol. The zero-order valence-corrected chi connectivity index (χ0v) is 11.1. The van der Waals surface area contributed by atoms with Crippen LogP contribution in [0.4, 0.5) is 0 Å². The number of hydrogen-bond donors (Lipinski definition) is 2. The van der Waals surface area contributed by atoms with Gasteiger partial charge in [0.1, 0.15) is 0 Å². The molecule has 0 radical (unpaired) electrons. The van der Waals surface area contributed by atoms with Crippen LogP contribution in [0.15, 0.2) is 18.2 Å². The smallest absolute Gasteiger partial charge is 0.234 e. The molecule has 0 fully saturated rings. The normalized spacial score (nSPS) is 10.6. The second-order valence-corrected chi connectivity index (χ2v) is 4.68. The Morgan fingerprint density at radius 1 is 1.29 bits per heavy atom. The van der Waals surface area contributed by atoms with Gasteiger partial charge in [0, 0.05) is 12.6 Å². The Labute approximate surface area is 104 Å². The van der Waals surface area contributed by atoms with Crippen LogP contribution in [0.25, 0.3) is 0 Å². The molecule has 0 spiro atoms. The first-order valence-electron chi connectivity index (χ1n) is 6.06. The highest BCUT2D eigenvalue weighted by atomic mass is 16.1. The van der Waals surface area contributed by atoms with E-state index in [9.17, 15) is 4.79 Å². The van der Waals surface area contributed by atoms with Crippen LogP contribution in [0.2, 0.25) is 0 Å². The molecule has 3 nitrogen and oxygen atoms in total. The van der Waals surface area contributed by atoms with Crippen LogP contribution in [-0.2, 0) is 11.3 Å². The second-order valence-electron chi connectivity index (χ2n) is 4.68.